The van der Waals surface area contributed by atoms with Crippen molar-refractivity contribution in [3.63, 3.8) is 0 Å². The molecule has 0 radical (unpaired) electrons. The average molecular weight is 291 g/mol. The zero-order valence-corrected chi connectivity index (χ0v) is 11.9. The standard InChI is InChI=1S/C18H15N2O2/c21-20(22)18-10-8-15(9-11-18)13-19-12-4-7-17(14-19)16-5-2-1-3-6-16/h1-12,14H,13H2/q+1. The van der Waals surface area contributed by atoms with E-state index in [1.54, 1.807) is 12.1 Å². The third-order valence-corrected chi connectivity index (χ3v) is 3.48. The van der Waals surface area contributed by atoms with Gasteiger partial charge in [-0.1, -0.05) is 30.3 Å². The largest absolute Gasteiger partial charge is 0.269 e. The van der Waals surface area contributed by atoms with Crippen LogP contribution in [0.5, 0.6) is 0 Å². The fraction of sp³-hybridized carbons (Fsp3) is 0.0556. The smallest absolute Gasteiger partial charge is 0.258 e. The van der Waals surface area contributed by atoms with Gasteiger partial charge in [0.25, 0.3) is 5.69 Å². The Kier molecular flexibility index (Phi) is 3.92. The number of nitro benzene ring substituents is 1. The van der Waals surface area contributed by atoms with Crippen molar-refractivity contribution in [1.82, 2.24) is 0 Å². The zero-order chi connectivity index (χ0) is 15.4. The van der Waals surface area contributed by atoms with Crippen LogP contribution in [0.1, 0.15) is 5.56 Å². The van der Waals surface area contributed by atoms with Gasteiger partial charge in [-0.05, 0) is 23.8 Å². The molecule has 0 saturated heterocycles. The molecule has 4 nitrogen and oxygen atoms in total. The van der Waals surface area contributed by atoms with Crippen LogP contribution in [-0.2, 0) is 6.54 Å². The second kappa shape index (κ2) is 6.18. The van der Waals surface area contributed by atoms with Crippen LogP contribution in [0.25, 0.3) is 11.1 Å². The maximum atomic E-state index is 10.7. The van der Waals surface area contributed by atoms with Gasteiger partial charge in [-0.15, -0.1) is 0 Å². The highest BCUT2D eigenvalue weighted by Crippen LogP contribution is 2.16. The Morgan fingerprint density at radius 1 is 0.864 bits per heavy atom. The number of pyridine rings is 1. The summed E-state index contributed by atoms with van der Waals surface area (Å²) >= 11 is 0. The van der Waals surface area contributed by atoms with Gasteiger partial charge >= 0.3 is 0 Å². The number of benzene rings is 2. The lowest BCUT2D eigenvalue weighted by Crippen LogP contribution is -2.33. The highest BCUT2D eigenvalue weighted by Gasteiger charge is 2.08. The highest BCUT2D eigenvalue weighted by molar-refractivity contribution is 5.61. The van der Waals surface area contributed by atoms with Gasteiger partial charge in [-0.25, -0.2) is 4.57 Å². The number of nitrogens with zero attached hydrogens (tertiary/aromatic N) is 2. The molecule has 22 heavy (non-hydrogen) atoms. The van der Waals surface area contributed by atoms with Crippen molar-refractivity contribution in [2.45, 2.75) is 6.54 Å². The summed E-state index contributed by atoms with van der Waals surface area (Å²) in [5, 5.41) is 10.7. The molecule has 3 rings (SSSR count). The van der Waals surface area contributed by atoms with Crippen molar-refractivity contribution in [1.29, 1.82) is 0 Å². The molecule has 1 aromatic heterocycles. The molecule has 0 unspecified atom stereocenters. The fourth-order valence-electron chi connectivity index (χ4n) is 2.36. The van der Waals surface area contributed by atoms with E-state index in [1.807, 2.05) is 30.5 Å². The van der Waals surface area contributed by atoms with Gasteiger partial charge in [0.15, 0.2) is 18.9 Å². The lowest BCUT2D eigenvalue weighted by molar-refractivity contribution is -0.687. The van der Waals surface area contributed by atoms with Gasteiger partial charge in [0.2, 0.25) is 0 Å². The van der Waals surface area contributed by atoms with Crippen molar-refractivity contribution >= 4 is 5.69 Å². The van der Waals surface area contributed by atoms with E-state index in [4.69, 9.17) is 0 Å². The van der Waals surface area contributed by atoms with Gasteiger partial charge in [-0.2, -0.15) is 0 Å². The molecule has 0 saturated carbocycles. The highest BCUT2D eigenvalue weighted by atomic mass is 16.6. The summed E-state index contributed by atoms with van der Waals surface area (Å²) in [6, 6.07) is 20.9. The molecule has 0 aliphatic heterocycles. The van der Waals surface area contributed by atoms with Gasteiger partial charge in [0, 0.05) is 29.3 Å². The Bertz CT molecular complexity index is 784. The Balaban J connectivity index is 1.82. The maximum absolute atomic E-state index is 10.7. The number of non-ortho nitro benzene ring substituents is 1. The molecule has 0 amide bonds. The van der Waals surface area contributed by atoms with Gasteiger partial charge in [0.05, 0.1) is 4.92 Å². The zero-order valence-electron chi connectivity index (χ0n) is 11.9. The molecule has 0 aliphatic carbocycles. The summed E-state index contributed by atoms with van der Waals surface area (Å²) in [5.74, 6) is 0. The summed E-state index contributed by atoms with van der Waals surface area (Å²) in [6.07, 6.45) is 4.07. The SMILES string of the molecule is O=[N+]([O-])c1ccc(C[n+]2cccc(-c3ccccc3)c2)cc1. The van der Waals surface area contributed by atoms with Gasteiger partial charge < -0.3 is 0 Å². The molecule has 0 atom stereocenters. The fourth-order valence-corrected chi connectivity index (χ4v) is 2.36. The molecule has 108 valence electrons. The minimum atomic E-state index is -0.382. The summed E-state index contributed by atoms with van der Waals surface area (Å²) in [4.78, 5) is 10.3. The molecule has 0 aliphatic rings. The lowest BCUT2D eigenvalue weighted by Gasteiger charge is -2.02. The number of hydrogen-bond donors (Lipinski definition) is 0. The van der Waals surface area contributed by atoms with E-state index in [-0.39, 0.29) is 10.6 Å². The summed E-state index contributed by atoms with van der Waals surface area (Å²) in [6.45, 7) is 0.679. The lowest BCUT2D eigenvalue weighted by atomic mass is 10.1. The Hall–Kier alpha value is -3.01. The average Bonchev–Trinajstić information content (AvgIpc) is 2.56. The minimum absolute atomic E-state index is 0.117. The van der Waals surface area contributed by atoms with E-state index in [9.17, 15) is 10.1 Å². The molecule has 0 bridgehead atoms. The normalized spacial score (nSPS) is 10.4. The number of hydrogen-bond acceptors (Lipinski definition) is 2. The topological polar surface area (TPSA) is 47.0 Å². The van der Waals surface area contributed by atoms with Crippen LogP contribution in [0.3, 0.4) is 0 Å². The number of nitro groups is 1. The van der Waals surface area contributed by atoms with Crippen LogP contribution in [0.15, 0.2) is 79.1 Å². The van der Waals surface area contributed by atoms with Crippen LogP contribution < -0.4 is 4.57 Å². The third kappa shape index (κ3) is 3.17. The van der Waals surface area contributed by atoms with Crippen molar-refractivity contribution in [3.8, 4) is 11.1 Å². The van der Waals surface area contributed by atoms with E-state index in [1.165, 1.54) is 17.7 Å². The molecule has 0 N–H and O–H groups in total. The summed E-state index contributed by atoms with van der Waals surface area (Å²) < 4.78 is 2.07. The van der Waals surface area contributed by atoms with Crippen molar-refractivity contribution < 1.29 is 9.49 Å². The Morgan fingerprint density at radius 3 is 2.23 bits per heavy atom. The molecular formula is C18H15N2O2+. The van der Waals surface area contributed by atoms with E-state index < -0.39 is 0 Å². The molecule has 1 heterocycles. The van der Waals surface area contributed by atoms with Crippen molar-refractivity contribution in [3.05, 3.63) is 94.8 Å². The Labute approximate surface area is 128 Å². The number of aromatic nitrogens is 1. The third-order valence-electron chi connectivity index (χ3n) is 3.48. The van der Waals surface area contributed by atoms with Crippen molar-refractivity contribution in [2.75, 3.05) is 0 Å². The van der Waals surface area contributed by atoms with Crippen LogP contribution in [0.2, 0.25) is 0 Å². The Morgan fingerprint density at radius 2 is 1.55 bits per heavy atom. The van der Waals surface area contributed by atoms with Crippen molar-refractivity contribution in [2.24, 2.45) is 0 Å². The van der Waals surface area contributed by atoms with Crippen LogP contribution in [0, 0.1) is 10.1 Å². The predicted molar refractivity (Wildman–Crippen MR) is 84.3 cm³/mol. The number of rotatable bonds is 4. The first kappa shape index (κ1) is 13.9. The molecule has 0 spiro atoms. The van der Waals surface area contributed by atoms with E-state index in [2.05, 4.69) is 29.0 Å². The summed E-state index contributed by atoms with van der Waals surface area (Å²) in [7, 11) is 0. The molecular weight excluding hydrogens is 276 g/mol. The van der Waals surface area contributed by atoms with Crippen LogP contribution in [0.4, 0.5) is 5.69 Å². The predicted octanol–water partition coefficient (Wildman–Crippen LogP) is 3.60. The first-order valence-electron chi connectivity index (χ1n) is 7.00. The molecule has 4 heteroatoms. The quantitative estimate of drug-likeness (QED) is 0.419. The monoisotopic (exact) mass is 291 g/mol. The molecule has 2 aromatic carbocycles. The minimum Gasteiger partial charge on any atom is -0.258 e. The second-order valence-electron chi connectivity index (χ2n) is 5.05. The molecule has 0 fully saturated rings. The molecule has 3 aromatic rings. The maximum Gasteiger partial charge on any atom is 0.269 e. The van der Waals surface area contributed by atoms with Gasteiger partial charge in [0.1, 0.15) is 0 Å². The van der Waals surface area contributed by atoms with Crippen LogP contribution in [-0.4, -0.2) is 4.92 Å². The second-order valence-corrected chi connectivity index (χ2v) is 5.05. The first-order chi connectivity index (χ1) is 10.7. The van der Waals surface area contributed by atoms with E-state index in [0.29, 0.717) is 6.54 Å². The first-order valence-corrected chi connectivity index (χ1v) is 7.00. The van der Waals surface area contributed by atoms with Crippen LogP contribution >= 0.6 is 0 Å². The van der Waals surface area contributed by atoms with E-state index in [0.717, 1.165) is 11.1 Å². The summed E-state index contributed by atoms with van der Waals surface area (Å²) in [5.41, 5.74) is 3.46. The van der Waals surface area contributed by atoms with Gasteiger partial charge in [-0.3, -0.25) is 10.1 Å². The van der Waals surface area contributed by atoms with E-state index >= 15 is 0 Å².